The molecule has 0 aromatic heterocycles. The first-order valence-electron chi connectivity index (χ1n) is 9.90. The van der Waals surface area contributed by atoms with Crippen LogP contribution in [0.15, 0.2) is 54.6 Å². The summed E-state index contributed by atoms with van der Waals surface area (Å²) in [4.78, 5) is 27.0. The molecule has 1 aliphatic heterocycles. The first kappa shape index (κ1) is 17.8. The van der Waals surface area contributed by atoms with E-state index in [1.165, 1.54) is 5.56 Å². The lowest BCUT2D eigenvalue weighted by molar-refractivity contribution is -0.139. The lowest BCUT2D eigenvalue weighted by atomic mass is 10.0. The van der Waals surface area contributed by atoms with Gasteiger partial charge in [0.25, 0.3) is 0 Å². The zero-order valence-corrected chi connectivity index (χ0v) is 15.7. The number of benzene rings is 2. The monoisotopic (exact) mass is 362 g/mol. The molecule has 2 unspecified atom stereocenters. The van der Waals surface area contributed by atoms with Crippen molar-refractivity contribution in [1.29, 1.82) is 0 Å². The van der Waals surface area contributed by atoms with Crippen LogP contribution in [0.2, 0.25) is 0 Å². The van der Waals surface area contributed by atoms with Crippen LogP contribution in [0, 0.1) is 5.92 Å². The van der Waals surface area contributed by atoms with Crippen LogP contribution in [-0.4, -0.2) is 29.3 Å². The van der Waals surface area contributed by atoms with Crippen molar-refractivity contribution in [3.05, 3.63) is 60.2 Å². The molecule has 140 valence electrons. The second kappa shape index (κ2) is 7.55. The molecule has 2 atom stereocenters. The van der Waals surface area contributed by atoms with Crippen molar-refractivity contribution in [1.82, 2.24) is 10.2 Å². The lowest BCUT2D eigenvalue weighted by Gasteiger charge is -2.25. The van der Waals surface area contributed by atoms with Crippen LogP contribution in [0.4, 0.5) is 0 Å². The van der Waals surface area contributed by atoms with Crippen LogP contribution in [0.5, 0.6) is 0 Å². The Morgan fingerprint density at radius 1 is 0.963 bits per heavy atom. The summed E-state index contributed by atoms with van der Waals surface area (Å²) in [6, 6.07) is 18.2. The summed E-state index contributed by atoms with van der Waals surface area (Å²) in [5, 5.41) is 3.11. The summed E-state index contributed by atoms with van der Waals surface area (Å²) in [6.45, 7) is 2.71. The Labute approximate surface area is 160 Å². The number of hydrogen-bond acceptors (Lipinski definition) is 2. The molecule has 2 aromatic rings. The third-order valence-electron chi connectivity index (χ3n) is 5.64. The maximum absolute atomic E-state index is 12.8. The van der Waals surface area contributed by atoms with Gasteiger partial charge in [0.2, 0.25) is 11.8 Å². The molecule has 1 N–H and O–H groups in total. The molecule has 4 nitrogen and oxygen atoms in total. The van der Waals surface area contributed by atoms with Gasteiger partial charge in [-0.2, -0.15) is 0 Å². The first-order chi connectivity index (χ1) is 13.1. The first-order valence-corrected chi connectivity index (χ1v) is 9.90. The number of rotatable bonds is 5. The van der Waals surface area contributed by atoms with E-state index in [1.54, 1.807) is 4.90 Å². The van der Waals surface area contributed by atoms with Crippen molar-refractivity contribution in [2.24, 2.45) is 5.92 Å². The molecule has 4 rings (SSSR count). The highest BCUT2D eigenvalue weighted by Crippen LogP contribution is 2.34. The molecule has 1 saturated heterocycles. The molecule has 2 aromatic carbocycles. The minimum atomic E-state index is -0.302. The Hall–Kier alpha value is -2.62. The Morgan fingerprint density at radius 3 is 2.30 bits per heavy atom. The number of likely N-dealkylation sites (tertiary alicyclic amines) is 1. The molecule has 0 spiro atoms. The minimum Gasteiger partial charge on any atom is -0.348 e. The molecule has 2 amide bonds. The molecule has 2 aliphatic rings. The van der Waals surface area contributed by atoms with Crippen molar-refractivity contribution in [3.8, 4) is 11.1 Å². The lowest BCUT2D eigenvalue weighted by Crippen LogP contribution is -2.47. The van der Waals surface area contributed by atoms with E-state index in [0.717, 1.165) is 36.8 Å². The Morgan fingerprint density at radius 2 is 1.63 bits per heavy atom. The van der Waals surface area contributed by atoms with E-state index in [2.05, 4.69) is 41.7 Å². The summed E-state index contributed by atoms with van der Waals surface area (Å²) >= 11 is 0. The fraction of sp³-hybridized carbons (Fsp3) is 0.391. The van der Waals surface area contributed by atoms with E-state index in [4.69, 9.17) is 0 Å². The molecule has 1 aliphatic carbocycles. The van der Waals surface area contributed by atoms with Gasteiger partial charge in [0.1, 0.15) is 6.04 Å². The van der Waals surface area contributed by atoms with Gasteiger partial charge in [-0.05, 0) is 49.3 Å². The average molecular weight is 362 g/mol. The summed E-state index contributed by atoms with van der Waals surface area (Å²) in [6.07, 6.45) is 3.64. The SMILES string of the molecule is CC(NC(=O)C1CCCN1C(=O)C1CC1)c1ccc(-c2ccccc2)cc1. The van der Waals surface area contributed by atoms with Crippen molar-refractivity contribution in [2.45, 2.75) is 44.7 Å². The van der Waals surface area contributed by atoms with Gasteiger partial charge in [-0.1, -0.05) is 54.6 Å². The average Bonchev–Trinajstić information content (AvgIpc) is 3.44. The topological polar surface area (TPSA) is 49.4 Å². The number of hydrogen-bond donors (Lipinski definition) is 1. The minimum absolute atomic E-state index is 0.0267. The summed E-state index contributed by atoms with van der Waals surface area (Å²) < 4.78 is 0. The van der Waals surface area contributed by atoms with Crippen molar-refractivity contribution in [3.63, 3.8) is 0 Å². The van der Waals surface area contributed by atoms with Gasteiger partial charge < -0.3 is 10.2 Å². The van der Waals surface area contributed by atoms with Crippen LogP contribution in [-0.2, 0) is 9.59 Å². The number of carbonyl (C=O) groups excluding carboxylic acids is 2. The maximum Gasteiger partial charge on any atom is 0.243 e. The van der Waals surface area contributed by atoms with Crippen molar-refractivity contribution in [2.75, 3.05) is 6.54 Å². The Kier molecular flexibility index (Phi) is 4.97. The highest BCUT2D eigenvalue weighted by Gasteiger charge is 2.41. The zero-order chi connectivity index (χ0) is 18.8. The van der Waals surface area contributed by atoms with E-state index in [9.17, 15) is 9.59 Å². The van der Waals surface area contributed by atoms with E-state index < -0.39 is 0 Å². The Bertz CT molecular complexity index is 812. The molecule has 0 radical (unpaired) electrons. The summed E-state index contributed by atoms with van der Waals surface area (Å²) in [5.74, 6) is 0.315. The van der Waals surface area contributed by atoms with Gasteiger partial charge in [0.15, 0.2) is 0 Å². The van der Waals surface area contributed by atoms with Gasteiger partial charge in [-0.15, -0.1) is 0 Å². The van der Waals surface area contributed by atoms with E-state index in [0.29, 0.717) is 6.54 Å². The second-order valence-corrected chi connectivity index (χ2v) is 7.68. The van der Waals surface area contributed by atoms with Crippen LogP contribution in [0.25, 0.3) is 11.1 Å². The van der Waals surface area contributed by atoms with Gasteiger partial charge >= 0.3 is 0 Å². The normalized spacial score (nSPS) is 20.3. The number of amides is 2. The predicted octanol–water partition coefficient (Wildman–Crippen LogP) is 3.93. The molecular weight excluding hydrogens is 336 g/mol. The molecule has 4 heteroatoms. The fourth-order valence-electron chi connectivity index (χ4n) is 3.86. The van der Waals surface area contributed by atoms with Gasteiger partial charge in [0.05, 0.1) is 6.04 Å². The fourth-order valence-corrected chi connectivity index (χ4v) is 3.86. The maximum atomic E-state index is 12.8. The molecular formula is C23H26N2O2. The molecule has 1 heterocycles. The zero-order valence-electron chi connectivity index (χ0n) is 15.7. The molecule has 1 saturated carbocycles. The van der Waals surface area contributed by atoms with Crippen LogP contribution < -0.4 is 5.32 Å². The highest BCUT2D eigenvalue weighted by molar-refractivity contribution is 5.90. The number of carbonyl (C=O) groups is 2. The summed E-state index contributed by atoms with van der Waals surface area (Å²) in [5.41, 5.74) is 3.41. The number of nitrogens with zero attached hydrogens (tertiary/aromatic N) is 1. The van der Waals surface area contributed by atoms with E-state index in [1.807, 2.05) is 25.1 Å². The largest absolute Gasteiger partial charge is 0.348 e. The smallest absolute Gasteiger partial charge is 0.243 e. The quantitative estimate of drug-likeness (QED) is 0.876. The van der Waals surface area contributed by atoms with Crippen LogP contribution >= 0.6 is 0 Å². The Balaban J connectivity index is 1.40. The van der Waals surface area contributed by atoms with Crippen LogP contribution in [0.1, 0.15) is 44.2 Å². The number of nitrogens with one attached hydrogen (secondary N) is 1. The van der Waals surface area contributed by atoms with Crippen LogP contribution in [0.3, 0.4) is 0 Å². The highest BCUT2D eigenvalue weighted by atomic mass is 16.2. The van der Waals surface area contributed by atoms with Crippen molar-refractivity contribution >= 4 is 11.8 Å². The predicted molar refractivity (Wildman–Crippen MR) is 106 cm³/mol. The third-order valence-corrected chi connectivity index (χ3v) is 5.64. The standard InChI is InChI=1S/C23H26N2O2/c1-16(17-9-11-19(12-10-17)18-6-3-2-4-7-18)24-22(26)21-8-5-15-25(21)23(27)20-13-14-20/h2-4,6-7,9-12,16,20-21H,5,8,13-15H2,1H3,(H,24,26). The van der Waals surface area contributed by atoms with Crippen molar-refractivity contribution < 1.29 is 9.59 Å². The van der Waals surface area contributed by atoms with E-state index >= 15 is 0 Å². The molecule has 2 fully saturated rings. The van der Waals surface area contributed by atoms with Gasteiger partial charge in [-0.3, -0.25) is 9.59 Å². The second-order valence-electron chi connectivity index (χ2n) is 7.68. The third kappa shape index (κ3) is 3.90. The molecule has 27 heavy (non-hydrogen) atoms. The van der Waals surface area contributed by atoms with Gasteiger partial charge in [0, 0.05) is 12.5 Å². The van der Waals surface area contributed by atoms with Gasteiger partial charge in [-0.25, -0.2) is 0 Å². The summed E-state index contributed by atoms with van der Waals surface area (Å²) in [7, 11) is 0. The molecule has 0 bridgehead atoms. The van der Waals surface area contributed by atoms with E-state index in [-0.39, 0.29) is 29.8 Å².